The van der Waals surface area contributed by atoms with E-state index in [9.17, 15) is 19.2 Å². The number of nitrogens with zero attached hydrogens (tertiary/aromatic N) is 4. The van der Waals surface area contributed by atoms with Gasteiger partial charge < -0.3 is 39.9 Å². The first kappa shape index (κ1) is 37.9. The van der Waals surface area contributed by atoms with Crippen LogP contribution < -0.4 is 10.6 Å². The number of nitrogens with one attached hydrogen (secondary N) is 4. The van der Waals surface area contributed by atoms with Crippen molar-refractivity contribution in [1.82, 2.24) is 40.4 Å². The van der Waals surface area contributed by atoms with Crippen molar-refractivity contribution in [3.05, 3.63) is 71.5 Å². The van der Waals surface area contributed by atoms with Gasteiger partial charge in [0.25, 0.3) is 0 Å². The van der Waals surface area contributed by atoms with Crippen LogP contribution in [0.3, 0.4) is 0 Å². The second kappa shape index (κ2) is 15.8. The average molecular weight is 771 g/mol. The predicted octanol–water partition coefficient (Wildman–Crippen LogP) is 6.77. The van der Waals surface area contributed by atoms with Crippen molar-refractivity contribution in [2.24, 2.45) is 5.92 Å². The Morgan fingerprint density at radius 3 is 1.93 bits per heavy atom. The van der Waals surface area contributed by atoms with Crippen molar-refractivity contribution < 1.29 is 28.7 Å². The summed E-state index contributed by atoms with van der Waals surface area (Å²) >= 11 is 6.68. The fraction of sp³-hybridized carbons (Fsp3) is 0.450. The zero-order chi connectivity index (χ0) is 39.0. The Morgan fingerprint density at radius 2 is 1.35 bits per heavy atom. The fourth-order valence-electron chi connectivity index (χ4n) is 8.12. The summed E-state index contributed by atoms with van der Waals surface area (Å²) < 4.78 is 9.47. The second-order valence-electron chi connectivity index (χ2n) is 14.6. The molecule has 4 N–H and O–H groups in total. The van der Waals surface area contributed by atoms with Gasteiger partial charge in [-0.2, -0.15) is 0 Å². The number of fused-ring (bicyclic) bond motifs is 1. The summed E-state index contributed by atoms with van der Waals surface area (Å²) in [6.45, 7) is 5.72. The van der Waals surface area contributed by atoms with Crippen molar-refractivity contribution in [2.45, 2.75) is 95.5 Å². The van der Waals surface area contributed by atoms with E-state index in [0.29, 0.717) is 35.4 Å². The van der Waals surface area contributed by atoms with E-state index >= 15 is 0 Å². The van der Waals surface area contributed by atoms with Gasteiger partial charge in [0, 0.05) is 17.6 Å². The highest BCUT2D eigenvalue weighted by molar-refractivity contribution is 6.31. The summed E-state index contributed by atoms with van der Waals surface area (Å²) in [6, 6.07) is 14.5. The SMILES string of the molecule is CC[C@H](NC(=O)OC)C(=O)N1[C@H](C)CC[C@H]1c1nc(Cl)c(-c2ccc(-c3ccc(-c4cnc([C@@H]5C[C@H]6C[C@H]6N5C(=O)[C@H](CC)NC(=O)OC)[nH]4)cc3)cc2)[nH]1. The van der Waals surface area contributed by atoms with Gasteiger partial charge in [0.15, 0.2) is 5.15 Å². The number of piperidine rings is 1. The number of methoxy groups -OCH3 is 2. The van der Waals surface area contributed by atoms with Gasteiger partial charge in [-0.05, 0) is 68.1 Å². The normalized spacial score (nSPS) is 22.5. The highest BCUT2D eigenvalue weighted by Gasteiger charge is 2.56. The standard InChI is InChI=1S/C40H47ClN8O6/c1-6-27(44-39(52)54-4)37(50)48-21(3)8-17-30(48)36-46-33(34(41)47-36)25-15-11-23(12-16-25)22-9-13-24(14-10-22)29-20-42-35(43-29)32-19-26-18-31(26)49(32)38(51)28(7-2)45-40(53)55-5/h9-16,20-21,26-28,30-32H,6-8,17-19H2,1-5H3,(H,42,43)(H,44,52)(H,45,53)(H,46,47)/t21-,26-,27+,28+,30+,31-,32+/m1/s1. The number of hydrogen-bond acceptors (Lipinski definition) is 8. The molecule has 0 bridgehead atoms. The number of ether oxygens (including phenoxy) is 2. The molecule has 15 heteroatoms. The van der Waals surface area contributed by atoms with Crippen LogP contribution >= 0.6 is 11.6 Å². The van der Waals surface area contributed by atoms with Crippen LogP contribution in [0, 0.1) is 5.92 Å². The quantitative estimate of drug-likeness (QED) is 0.129. The van der Waals surface area contributed by atoms with Crippen LogP contribution in [0.5, 0.6) is 0 Å². The summed E-state index contributed by atoms with van der Waals surface area (Å²) in [5.74, 6) is 1.51. The van der Waals surface area contributed by atoms with Gasteiger partial charge >= 0.3 is 12.2 Å². The number of likely N-dealkylation sites (tertiary alicyclic amines) is 2. The third-order valence-corrected chi connectivity index (χ3v) is 11.5. The molecule has 55 heavy (non-hydrogen) atoms. The van der Waals surface area contributed by atoms with Gasteiger partial charge in [-0.15, -0.1) is 0 Å². The van der Waals surface area contributed by atoms with Gasteiger partial charge in [0.05, 0.1) is 43.9 Å². The zero-order valence-corrected chi connectivity index (χ0v) is 32.4. The molecule has 4 amide bonds. The Kier molecular flexibility index (Phi) is 10.9. The number of carbonyl (C=O) groups excluding carboxylic acids is 4. The Bertz CT molecular complexity index is 2050. The highest BCUT2D eigenvalue weighted by Crippen LogP contribution is 2.53. The molecule has 1 aliphatic carbocycles. The Hall–Kier alpha value is -5.37. The zero-order valence-electron chi connectivity index (χ0n) is 31.6. The maximum Gasteiger partial charge on any atom is 0.407 e. The number of rotatable bonds is 11. The maximum absolute atomic E-state index is 13.6. The van der Waals surface area contributed by atoms with Crippen LogP contribution in [0.25, 0.3) is 33.6 Å². The number of imidazole rings is 2. The van der Waals surface area contributed by atoms with Crippen LogP contribution in [0.4, 0.5) is 9.59 Å². The van der Waals surface area contributed by atoms with E-state index in [4.69, 9.17) is 26.1 Å². The number of benzene rings is 2. The van der Waals surface area contributed by atoms with Crippen LogP contribution in [0.15, 0.2) is 54.7 Å². The van der Waals surface area contributed by atoms with Crippen LogP contribution in [-0.2, 0) is 19.1 Å². The van der Waals surface area contributed by atoms with Crippen molar-refractivity contribution >= 4 is 35.6 Å². The number of hydrogen-bond donors (Lipinski definition) is 4. The molecule has 4 aromatic rings. The van der Waals surface area contributed by atoms with E-state index in [1.807, 2.05) is 62.1 Å². The third kappa shape index (κ3) is 7.51. The molecular formula is C40H47ClN8O6. The van der Waals surface area contributed by atoms with E-state index < -0.39 is 24.3 Å². The first-order chi connectivity index (χ1) is 26.5. The molecule has 290 valence electrons. The lowest BCUT2D eigenvalue weighted by Gasteiger charge is -2.31. The van der Waals surface area contributed by atoms with E-state index in [-0.39, 0.29) is 36.0 Å². The van der Waals surface area contributed by atoms with Crippen LogP contribution in [0.1, 0.15) is 83.0 Å². The Morgan fingerprint density at radius 1 is 0.782 bits per heavy atom. The number of carbonyl (C=O) groups is 4. The molecule has 1 saturated carbocycles. The molecule has 0 radical (unpaired) electrons. The Labute approximate surface area is 324 Å². The smallest absolute Gasteiger partial charge is 0.407 e. The van der Waals surface area contributed by atoms with Crippen LogP contribution in [0.2, 0.25) is 5.15 Å². The van der Waals surface area contributed by atoms with Crippen LogP contribution in [-0.4, -0.2) is 92.1 Å². The number of amides is 4. The predicted molar refractivity (Wildman–Crippen MR) is 206 cm³/mol. The fourth-order valence-corrected chi connectivity index (χ4v) is 8.37. The number of aromatic amines is 2. The molecule has 3 aliphatic rings. The van der Waals surface area contributed by atoms with Gasteiger partial charge in [0.2, 0.25) is 11.8 Å². The molecule has 7 rings (SSSR count). The maximum atomic E-state index is 13.6. The molecule has 2 saturated heterocycles. The van der Waals surface area contributed by atoms with Crippen molar-refractivity contribution in [1.29, 1.82) is 0 Å². The van der Waals surface area contributed by atoms with Crippen molar-refractivity contribution in [3.8, 4) is 33.6 Å². The minimum atomic E-state index is -0.706. The summed E-state index contributed by atoms with van der Waals surface area (Å²) in [6.07, 6.45) is 4.77. The largest absolute Gasteiger partial charge is 0.453 e. The summed E-state index contributed by atoms with van der Waals surface area (Å²) in [5, 5.41) is 5.65. The topological polar surface area (TPSA) is 175 Å². The number of H-pyrrole nitrogens is 2. The monoisotopic (exact) mass is 770 g/mol. The van der Waals surface area contributed by atoms with Gasteiger partial charge in [-0.3, -0.25) is 9.59 Å². The molecule has 0 unspecified atom stereocenters. The lowest BCUT2D eigenvalue weighted by atomic mass is 10.0. The molecule has 2 aromatic heterocycles. The molecule has 14 nitrogen and oxygen atoms in total. The van der Waals surface area contributed by atoms with E-state index in [1.54, 1.807) is 11.1 Å². The molecular weight excluding hydrogens is 724 g/mol. The summed E-state index contributed by atoms with van der Waals surface area (Å²) in [7, 11) is 2.57. The first-order valence-corrected chi connectivity index (χ1v) is 19.3. The summed E-state index contributed by atoms with van der Waals surface area (Å²) in [4.78, 5) is 70.8. The molecule has 2 aliphatic heterocycles. The Balaban J connectivity index is 1.03. The lowest BCUT2D eigenvalue weighted by Crippen LogP contribution is -2.50. The molecule has 7 atom stereocenters. The first-order valence-electron chi connectivity index (χ1n) is 18.9. The van der Waals surface area contributed by atoms with Gasteiger partial charge in [-0.25, -0.2) is 19.6 Å². The minimum Gasteiger partial charge on any atom is -0.453 e. The van der Waals surface area contributed by atoms with Crippen molar-refractivity contribution in [2.75, 3.05) is 14.2 Å². The molecule has 4 heterocycles. The lowest BCUT2D eigenvalue weighted by molar-refractivity contribution is -0.136. The van der Waals surface area contributed by atoms with Crippen molar-refractivity contribution in [3.63, 3.8) is 0 Å². The second-order valence-corrected chi connectivity index (χ2v) is 14.9. The number of alkyl carbamates (subject to hydrolysis) is 2. The van der Waals surface area contributed by atoms with Gasteiger partial charge in [0.1, 0.15) is 23.7 Å². The molecule has 2 aromatic carbocycles. The number of aromatic nitrogens is 4. The van der Waals surface area contributed by atoms with E-state index in [0.717, 1.165) is 59.5 Å². The molecule has 3 fully saturated rings. The average Bonchev–Trinajstić information content (AvgIpc) is 3.61. The van der Waals surface area contributed by atoms with E-state index in [2.05, 4.69) is 37.7 Å². The minimum absolute atomic E-state index is 0.0324. The highest BCUT2D eigenvalue weighted by atomic mass is 35.5. The third-order valence-electron chi connectivity index (χ3n) is 11.3. The summed E-state index contributed by atoms with van der Waals surface area (Å²) in [5.41, 5.74) is 5.41. The number of halogens is 1. The van der Waals surface area contributed by atoms with Gasteiger partial charge in [-0.1, -0.05) is 74.0 Å². The molecule has 0 spiro atoms. The van der Waals surface area contributed by atoms with E-state index in [1.165, 1.54) is 14.2 Å².